The van der Waals surface area contributed by atoms with Crippen molar-refractivity contribution in [3.8, 4) is 0 Å². The molecule has 1 rings (SSSR count). The third-order valence-corrected chi connectivity index (χ3v) is 8.45. The van der Waals surface area contributed by atoms with E-state index < -0.39 is 13.8 Å². The quantitative estimate of drug-likeness (QED) is 0.0373. The van der Waals surface area contributed by atoms with Crippen molar-refractivity contribution in [2.75, 3.05) is 54.1 Å². The highest BCUT2D eigenvalue weighted by Crippen LogP contribution is 2.49. The lowest BCUT2D eigenvalue weighted by atomic mass is 9.72. The van der Waals surface area contributed by atoms with Crippen LogP contribution in [0.15, 0.2) is 58.7 Å². The third-order valence-electron chi connectivity index (χ3n) is 6.95. The predicted molar refractivity (Wildman–Crippen MR) is 170 cm³/mol. The summed E-state index contributed by atoms with van der Waals surface area (Å²) in [4.78, 5) is 12.2. The van der Waals surface area contributed by atoms with Crippen molar-refractivity contribution < 1.29 is 32.2 Å². The van der Waals surface area contributed by atoms with Crippen LogP contribution in [0.5, 0.6) is 0 Å². The minimum absolute atomic E-state index is 0.0520. The minimum atomic E-state index is -3.73. The van der Waals surface area contributed by atoms with E-state index in [1.54, 1.807) is 0 Å². The van der Waals surface area contributed by atoms with Crippen molar-refractivity contribution in [2.45, 2.75) is 86.5 Å². The highest BCUT2D eigenvalue weighted by Gasteiger charge is 2.28. The van der Waals surface area contributed by atoms with Crippen LogP contribution in [0, 0.1) is 5.41 Å². The first-order valence-corrected chi connectivity index (χ1v) is 16.6. The molecule has 0 saturated carbocycles. The molecule has 0 amide bonds. The van der Waals surface area contributed by atoms with Crippen molar-refractivity contribution in [3.63, 3.8) is 0 Å². The van der Waals surface area contributed by atoms with Crippen LogP contribution in [0.1, 0.15) is 86.5 Å². The zero-order chi connectivity index (χ0) is 30.9. The zero-order valence-electron chi connectivity index (χ0n) is 27.3. The first-order chi connectivity index (χ1) is 19.2. The fourth-order valence-electron chi connectivity index (χ4n) is 4.44. The van der Waals surface area contributed by atoms with Crippen molar-refractivity contribution >= 4 is 13.8 Å². The lowest BCUT2D eigenvalue weighted by Crippen LogP contribution is -2.37. The molecule has 1 unspecified atom stereocenters. The van der Waals surface area contributed by atoms with Gasteiger partial charge in [-0.3, -0.25) is 13.6 Å². The lowest BCUT2D eigenvalue weighted by molar-refractivity contribution is -0.870. The van der Waals surface area contributed by atoms with E-state index >= 15 is 0 Å². The van der Waals surface area contributed by atoms with Crippen LogP contribution >= 0.6 is 7.82 Å². The number of allylic oxidation sites excluding steroid dienone is 9. The summed E-state index contributed by atoms with van der Waals surface area (Å²) < 4.78 is 35.5. The molecular formula is C33H57NO6P+. The molecule has 0 bridgehead atoms. The highest BCUT2D eigenvalue weighted by molar-refractivity contribution is 7.48. The molecule has 1 atom stereocenters. The molecule has 0 heterocycles. The van der Waals surface area contributed by atoms with E-state index in [0.29, 0.717) is 17.6 Å². The summed E-state index contributed by atoms with van der Waals surface area (Å²) in [5.74, 6) is -0.487. The Morgan fingerprint density at radius 1 is 0.951 bits per heavy atom. The van der Waals surface area contributed by atoms with Gasteiger partial charge in [0.2, 0.25) is 0 Å². The molecule has 0 fully saturated rings. The Labute approximate surface area is 250 Å². The smallest absolute Gasteiger partial charge is 0.460 e. The van der Waals surface area contributed by atoms with Crippen LogP contribution in [-0.4, -0.2) is 64.6 Å². The van der Waals surface area contributed by atoms with Crippen LogP contribution in [0.3, 0.4) is 0 Å². The van der Waals surface area contributed by atoms with Gasteiger partial charge in [-0.25, -0.2) is 9.36 Å². The highest BCUT2D eigenvalue weighted by atomic mass is 31.2. The second-order valence-electron chi connectivity index (χ2n) is 12.6. The number of carbonyl (C=O) groups excluding carboxylic acids is 1. The second kappa shape index (κ2) is 18.7. The topological polar surface area (TPSA) is 71.1 Å². The van der Waals surface area contributed by atoms with Crippen LogP contribution < -0.4 is 0 Å². The summed E-state index contributed by atoms with van der Waals surface area (Å²) in [6.45, 7) is 14.0. The predicted octanol–water partition coefficient (Wildman–Crippen LogP) is 8.51. The van der Waals surface area contributed by atoms with Crippen molar-refractivity contribution in [1.29, 1.82) is 0 Å². The molecule has 41 heavy (non-hydrogen) atoms. The van der Waals surface area contributed by atoms with Gasteiger partial charge in [-0.1, -0.05) is 81.6 Å². The Kier molecular flexibility index (Phi) is 17.0. The number of phosphoric ester groups is 1. The molecule has 0 spiro atoms. The van der Waals surface area contributed by atoms with Gasteiger partial charge >= 0.3 is 13.8 Å². The van der Waals surface area contributed by atoms with Crippen LogP contribution in [-0.2, 0) is 27.7 Å². The molecule has 0 saturated heterocycles. The number of likely N-dealkylation sites (N-methyl/N-ethyl adjacent to an activating group) is 1. The monoisotopic (exact) mass is 594 g/mol. The van der Waals surface area contributed by atoms with Gasteiger partial charge in [-0.2, -0.15) is 0 Å². The number of nitrogens with zero attached hydrogens (tertiary/aromatic N) is 1. The molecule has 234 valence electrons. The third kappa shape index (κ3) is 17.1. The molecule has 0 aromatic rings. The lowest BCUT2D eigenvalue weighted by Gasteiger charge is -2.32. The number of quaternary nitrogens is 1. The molecule has 8 heteroatoms. The number of hydrogen-bond donors (Lipinski definition) is 0. The largest absolute Gasteiger partial charge is 0.475 e. The summed E-state index contributed by atoms with van der Waals surface area (Å²) in [6.07, 6.45) is 19.3. The van der Waals surface area contributed by atoms with Crippen molar-refractivity contribution in [1.82, 2.24) is 0 Å². The summed E-state index contributed by atoms with van der Waals surface area (Å²) in [5, 5.41) is 0. The number of phosphoric acid groups is 1. The minimum Gasteiger partial charge on any atom is -0.460 e. The molecule has 0 radical (unpaired) electrons. The maximum atomic E-state index is 13.1. The Morgan fingerprint density at radius 3 is 2.29 bits per heavy atom. The van der Waals surface area contributed by atoms with E-state index in [1.807, 2.05) is 46.3 Å². The SMILES string of the molecule is CCCCCCOP(=O)(OCCOC(=O)/C=C(C)/C=C/C=C(C)/C=C/C1=C(C)CCCC1(C)C)OCC[N+](C)(C)C. The average molecular weight is 595 g/mol. The molecule has 1 aliphatic rings. The Hall–Kier alpha value is -1.76. The van der Waals surface area contributed by atoms with E-state index in [9.17, 15) is 9.36 Å². The average Bonchev–Trinajstić information content (AvgIpc) is 2.85. The van der Waals surface area contributed by atoms with Gasteiger partial charge in [0.1, 0.15) is 19.8 Å². The molecule has 0 N–H and O–H groups in total. The Bertz CT molecular complexity index is 1010. The number of rotatable bonds is 19. The van der Waals surface area contributed by atoms with Crippen LogP contribution in [0.4, 0.5) is 0 Å². The summed E-state index contributed by atoms with van der Waals surface area (Å²) in [5.41, 5.74) is 5.04. The normalized spacial score (nSPS) is 18.4. The van der Waals surface area contributed by atoms with Gasteiger partial charge < -0.3 is 9.22 Å². The van der Waals surface area contributed by atoms with E-state index in [1.165, 1.54) is 36.5 Å². The maximum absolute atomic E-state index is 13.1. The van der Waals surface area contributed by atoms with E-state index in [4.69, 9.17) is 18.3 Å². The van der Waals surface area contributed by atoms with Gasteiger partial charge in [0.05, 0.1) is 34.4 Å². The summed E-state index contributed by atoms with van der Waals surface area (Å²) >= 11 is 0. The van der Waals surface area contributed by atoms with Crippen molar-refractivity contribution in [3.05, 3.63) is 58.7 Å². The van der Waals surface area contributed by atoms with E-state index in [0.717, 1.165) is 36.8 Å². The van der Waals surface area contributed by atoms with Crippen LogP contribution in [0.25, 0.3) is 0 Å². The number of esters is 1. The van der Waals surface area contributed by atoms with Crippen LogP contribution in [0.2, 0.25) is 0 Å². The van der Waals surface area contributed by atoms with E-state index in [-0.39, 0.29) is 25.2 Å². The van der Waals surface area contributed by atoms with E-state index in [2.05, 4.69) is 46.8 Å². The molecule has 7 nitrogen and oxygen atoms in total. The second-order valence-corrected chi connectivity index (χ2v) is 14.3. The standard InChI is InChI=1S/C33H57NO6P/c1-10-11-12-13-23-38-41(36,39-24-22-34(7,8)9)40-26-25-37-32(35)27-29(3)17-14-16-28(2)19-20-31-30(4)18-15-21-33(31,5)6/h14,16-17,19-20,27H,10-13,15,18,21-26H2,1-9H3/q+1/b17-14+,20-19+,28-16+,29-27+. The first kappa shape index (κ1) is 37.3. The van der Waals surface area contributed by atoms with Gasteiger partial charge in [0.15, 0.2) is 0 Å². The zero-order valence-corrected chi connectivity index (χ0v) is 28.2. The van der Waals surface area contributed by atoms with Gasteiger partial charge in [0.25, 0.3) is 0 Å². The molecule has 0 aliphatic heterocycles. The molecule has 0 aromatic heterocycles. The van der Waals surface area contributed by atoms with Gasteiger partial charge in [-0.05, 0) is 63.0 Å². The fourth-order valence-corrected chi connectivity index (χ4v) is 5.62. The number of unbranched alkanes of at least 4 members (excludes halogenated alkanes) is 3. The summed E-state index contributed by atoms with van der Waals surface area (Å²) in [6, 6.07) is 0. The Morgan fingerprint density at radius 2 is 1.63 bits per heavy atom. The van der Waals surface area contributed by atoms with Crippen molar-refractivity contribution in [2.24, 2.45) is 5.41 Å². The summed E-state index contributed by atoms with van der Waals surface area (Å²) in [7, 11) is 2.34. The molecule has 1 aliphatic carbocycles. The number of carbonyl (C=O) groups is 1. The first-order valence-electron chi connectivity index (χ1n) is 15.1. The maximum Gasteiger partial charge on any atom is 0.475 e. The fraction of sp³-hybridized carbons (Fsp3) is 0.667. The van der Waals surface area contributed by atoms with Gasteiger partial charge in [-0.15, -0.1) is 0 Å². The number of hydrogen-bond acceptors (Lipinski definition) is 6. The molecular weight excluding hydrogens is 537 g/mol. The van der Waals surface area contributed by atoms with Gasteiger partial charge in [0, 0.05) is 6.08 Å². The Balaban J connectivity index is 2.56. The number of ether oxygens (including phenoxy) is 1. The molecule has 0 aromatic carbocycles.